The summed E-state index contributed by atoms with van der Waals surface area (Å²) in [6.07, 6.45) is 0. The first-order chi connectivity index (χ1) is 9.38. The largest absolute Gasteiger partial charge is 0.507 e. The highest BCUT2D eigenvalue weighted by Crippen LogP contribution is 2.25. The topological polar surface area (TPSA) is 49.3 Å². The third-order valence-corrected chi connectivity index (χ3v) is 2.94. The van der Waals surface area contributed by atoms with Crippen molar-refractivity contribution in [3.8, 4) is 5.75 Å². The van der Waals surface area contributed by atoms with E-state index < -0.39 is 29.0 Å². The second-order valence-corrected chi connectivity index (χ2v) is 4.78. The molecule has 2 aromatic rings. The number of benzene rings is 2. The van der Waals surface area contributed by atoms with Crippen LogP contribution in [0, 0.1) is 17.5 Å². The van der Waals surface area contributed by atoms with Crippen LogP contribution >= 0.6 is 15.9 Å². The van der Waals surface area contributed by atoms with Crippen molar-refractivity contribution in [3.63, 3.8) is 0 Å². The zero-order valence-electron chi connectivity index (χ0n) is 9.75. The number of hydrogen-bond donors (Lipinski definition) is 2. The van der Waals surface area contributed by atoms with Crippen molar-refractivity contribution in [3.05, 3.63) is 57.8 Å². The summed E-state index contributed by atoms with van der Waals surface area (Å²) in [6, 6.07) is 4.91. The van der Waals surface area contributed by atoms with Crippen LogP contribution in [0.5, 0.6) is 5.75 Å². The lowest BCUT2D eigenvalue weighted by Gasteiger charge is -2.09. The Balaban J connectivity index is 2.35. The zero-order valence-corrected chi connectivity index (χ0v) is 11.3. The molecule has 2 rings (SSSR count). The molecule has 2 aromatic carbocycles. The molecule has 0 aliphatic rings. The summed E-state index contributed by atoms with van der Waals surface area (Å²) in [6.45, 7) is 0. The van der Waals surface area contributed by atoms with E-state index in [1.807, 2.05) is 5.32 Å². The Bertz CT molecular complexity index is 668. The van der Waals surface area contributed by atoms with E-state index in [4.69, 9.17) is 0 Å². The molecule has 0 fully saturated rings. The van der Waals surface area contributed by atoms with Crippen molar-refractivity contribution in [2.45, 2.75) is 0 Å². The maximum Gasteiger partial charge on any atom is 0.259 e. The molecule has 0 saturated carbocycles. The molecule has 7 heteroatoms. The predicted molar refractivity (Wildman–Crippen MR) is 70.1 cm³/mol. The molecule has 0 aliphatic heterocycles. The summed E-state index contributed by atoms with van der Waals surface area (Å²) in [5.41, 5.74) is -0.960. The van der Waals surface area contributed by atoms with Gasteiger partial charge in [0.1, 0.15) is 17.3 Å². The fraction of sp³-hybridized carbons (Fsp3) is 0. The smallest absolute Gasteiger partial charge is 0.259 e. The van der Waals surface area contributed by atoms with Gasteiger partial charge in [0, 0.05) is 16.6 Å². The van der Waals surface area contributed by atoms with Gasteiger partial charge in [-0.25, -0.2) is 13.2 Å². The van der Waals surface area contributed by atoms with E-state index in [9.17, 15) is 23.1 Å². The number of amides is 1. The maximum atomic E-state index is 13.4. The van der Waals surface area contributed by atoms with Gasteiger partial charge in [0.25, 0.3) is 5.91 Å². The first-order valence-electron chi connectivity index (χ1n) is 5.33. The molecule has 0 heterocycles. The van der Waals surface area contributed by atoms with Crippen LogP contribution in [0.15, 0.2) is 34.8 Å². The van der Waals surface area contributed by atoms with Crippen LogP contribution in [-0.2, 0) is 0 Å². The van der Waals surface area contributed by atoms with Gasteiger partial charge in [-0.05, 0) is 18.2 Å². The number of phenols is 1. The second-order valence-electron chi connectivity index (χ2n) is 3.86. The molecule has 0 spiro atoms. The first-order valence-corrected chi connectivity index (χ1v) is 6.12. The molecule has 0 bridgehead atoms. The maximum absolute atomic E-state index is 13.4. The summed E-state index contributed by atoms with van der Waals surface area (Å²) in [5.74, 6) is -4.86. The van der Waals surface area contributed by atoms with Gasteiger partial charge < -0.3 is 10.4 Å². The van der Waals surface area contributed by atoms with E-state index in [2.05, 4.69) is 15.9 Å². The lowest BCUT2D eigenvalue weighted by atomic mass is 10.2. The van der Waals surface area contributed by atoms with Crippen LogP contribution in [0.4, 0.5) is 18.9 Å². The summed E-state index contributed by atoms with van der Waals surface area (Å²) < 4.78 is 40.0. The Morgan fingerprint density at radius 2 is 1.70 bits per heavy atom. The molecule has 2 N–H and O–H groups in total. The van der Waals surface area contributed by atoms with Crippen LogP contribution in [-0.4, -0.2) is 11.0 Å². The van der Waals surface area contributed by atoms with Crippen LogP contribution in [0.3, 0.4) is 0 Å². The number of nitrogens with one attached hydrogen (secondary N) is 1. The highest BCUT2D eigenvalue weighted by atomic mass is 79.9. The Morgan fingerprint density at radius 1 is 1.10 bits per heavy atom. The van der Waals surface area contributed by atoms with Crippen molar-refractivity contribution in [1.29, 1.82) is 0 Å². The third kappa shape index (κ3) is 2.93. The molecular weight excluding hydrogens is 339 g/mol. The minimum atomic E-state index is -1.25. The average Bonchev–Trinajstić information content (AvgIpc) is 2.36. The highest BCUT2D eigenvalue weighted by Gasteiger charge is 2.17. The molecule has 0 saturated heterocycles. The molecule has 20 heavy (non-hydrogen) atoms. The van der Waals surface area contributed by atoms with E-state index in [1.165, 1.54) is 18.2 Å². The summed E-state index contributed by atoms with van der Waals surface area (Å²) in [7, 11) is 0. The number of rotatable bonds is 2. The molecule has 0 unspecified atom stereocenters. The molecule has 104 valence electrons. The fourth-order valence-electron chi connectivity index (χ4n) is 1.53. The number of hydrogen-bond acceptors (Lipinski definition) is 2. The predicted octanol–water partition coefficient (Wildman–Crippen LogP) is 3.82. The molecule has 0 radical (unpaired) electrons. The van der Waals surface area contributed by atoms with Gasteiger partial charge in [0.2, 0.25) is 0 Å². The number of carbonyl (C=O) groups excluding carboxylic acids is 1. The number of carbonyl (C=O) groups is 1. The highest BCUT2D eigenvalue weighted by molar-refractivity contribution is 9.10. The Kier molecular flexibility index (Phi) is 3.99. The monoisotopic (exact) mass is 345 g/mol. The molecule has 0 aliphatic carbocycles. The molecule has 3 nitrogen and oxygen atoms in total. The van der Waals surface area contributed by atoms with Crippen molar-refractivity contribution in [2.75, 3.05) is 5.32 Å². The second kappa shape index (κ2) is 5.54. The zero-order chi connectivity index (χ0) is 14.9. The van der Waals surface area contributed by atoms with Gasteiger partial charge in [-0.1, -0.05) is 15.9 Å². The Morgan fingerprint density at radius 3 is 2.30 bits per heavy atom. The van der Waals surface area contributed by atoms with Crippen molar-refractivity contribution in [1.82, 2.24) is 0 Å². The van der Waals surface area contributed by atoms with Gasteiger partial charge in [0.15, 0.2) is 11.6 Å². The lowest BCUT2D eigenvalue weighted by molar-refractivity contribution is 0.102. The molecule has 1 amide bonds. The molecule has 0 atom stereocenters. The number of aromatic hydroxyl groups is 1. The fourth-order valence-corrected chi connectivity index (χ4v) is 1.89. The number of halogens is 4. The van der Waals surface area contributed by atoms with Crippen LogP contribution < -0.4 is 5.32 Å². The Hall–Kier alpha value is -2.02. The van der Waals surface area contributed by atoms with E-state index in [0.717, 1.165) is 0 Å². The first kappa shape index (κ1) is 14.4. The van der Waals surface area contributed by atoms with Gasteiger partial charge in [0.05, 0.1) is 5.56 Å². The lowest BCUT2D eigenvalue weighted by Crippen LogP contribution is -2.14. The summed E-state index contributed by atoms with van der Waals surface area (Å²) >= 11 is 3.10. The van der Waals surface area contributed by atoms with Crippen molar-refractivity contribution < 1.29 is 23.1 Å². The SMILES string of the molecule is O=C(Nc1c(F)cc(F)cc1F)c1cc(Br)ccc1O. The van der Waals surface area contributed by atoms with Gasteiger partial charge in [-0.15, -0.1) is 0 Å². The summed E-state index contributed by atoms with van der Waals surface area (Å²) in [5, 5.41) is 11.5. The number of anilines is 1. The third-order valence-electron chi connectivity index (χ3n) is 2.45. The van der Waals surface area contributed by atoms with Gasteiger partial charge in [-0.2, -0.15) is 0 Å². The standard InChI is InChI=1S/C13H7BrF3NO2/c14-6-1-2-11(19)8(3-6)13(20)18-12-9(16)4-7(15)5-10(12)17/h1-5,19H,(H,18,20). The number of phenolic OH excluding ortho intramolecular Hbond substituents is 1. The molecule has 0 aromatic heterocycles. The van der Waals surface area contributed by atoms with Gasteiger partial charge in [-0.3, -0.25) is 4.79 Å². The van der Waals surface area contributed by atoms with Gasteiger partial charge >= 0.3 is 0 Å². The quantitative estimate of drug-likeness (QED) is 0.869. The van der Waals surface area contributed by atoms with E-state index >= 15 is 0 Å². The minimum Gasteiger partial charge on any atom is -0.507 e. The average molecular weight is 346 g/mol. The molecular formula is C13H7BrF3NO2. The van der Waals surface area contributed by atoms with E-state index in [0.29, 0.717) is 16.6 Å². The van der Waals surface area contributed by atoms with Crippen LogP contribution in [0.25, 0.3) is 0 Å². The van der Waals surface area contributed by atoms with Crippen LogP contribution in [0.1, 0.15) is 10.4 Å². The summed E-state index contributed by atoms with van der Waals surface area (Å²) in [4.78, 5) is 11.9. The van der Waals surface area contributed by atoms with Crippen molar-refractivity contribution >= 4 is 27.5 Å². The van der Waals surface area contributed by atoms with E-state index in [1.54, 1.807) is 0 Å². The van der Waals surface area contributed by atoms with Crippen molar-refractivity contribution in [2.24, 2.45) is 0 Å². The minimum absolute atomic E-state index is 0.178. The normalized spacial score (nSPS) is 10.4. The Labute approximate surface area is 120 Å². The van der Waals surface area contributed by atoms with Crippen LogP contribution in [0.2, 0.25) is 0 Å². The van der Waals surface area contributed by atoms with E-state index in [-0.39, 0.29) is 11.3 Å².